The maximum absolute atomic E-state index is 12.8. The van der Waals surface area contributed by atoms with E-state index in [9.17, 15) is 14.4 Å². The van der Waals surface area contributed by atoms with Gasteiger partial charge in [-0.3, -0.25) is 14.5 Å². The average Bonchev–Trinajstić information content (AvgIpc) is 3.35. The van der Waals surface area contributed by atoms with Gasteiger partial charge in [-0.05, 0) is 48.6 Å². The Balaban J connectivity index is 1.52. The zero-order valence-corrected chi connectivity index (χ0v) is 21.7. The van der Waals surface area contributed by atoms with Crippen LogP contribution in [0, 0.1) is 17.2 Å². The van der Waals surface area contributed by atoms with E-state index < -0.39 is 11.9 Å². The third-order valence-electron chi connectivity index (χ3n) is 6.43. The summed E-state index contributed by atoms with van der Waals surface area (Å²) >= 11 is 0. The quantitative estimate of drug-likeness (QED) is 0.430. The van der Waals surface area contributed by atoms with E-state index in [0.717, 1.165) is 26.1 Å². The summed E-state index contributed by atoms with van der Waals surface area (Å²) in [4.78, 5) is 42.0. The molecule has 3 N–H and O–H groups in total. The summed E-state index contributed by atoms with van der Waals surface area (Å²) in [5, 5.41) is 16.9. The number of nitrogens with zero attached hydrogens (tertiary/aromatic N) is 3. The molecule has 9 nitrogen and oxygen atoms in total. The molecule has 2 aromatic rings. The Morgan fingerprint density at radius 3 is 2.46 bits per heavy atom. The number of likely N-dealkylation sites (tertiary alicyclic amines) is 1. The Kier molecular flexibility index (Phi) is 10.0. The van der Waals surface area contributed by atoms with E-state index in [1.165, 1.54) is 5.56 Å². The van der Waals surface area contributed by atoms with E-state index in [4.69, 9.17) is 5.26 Å². The number of carbonyl (C=O) groups excluding carboxylic acids is 3. The van der Waals surface area contributed by atoms with Crippen molar-refractivity contribution in [2.75, 3.05) is 32.0 Å². The smallest absolute Gasteiger partial charge is 0.321 e. The van der Waals surface area contributed by atoms with Crippen LogP contribution in [0.4, 0.5) is 10.5 Å². The van der Waals surface area contributed by atoms with Gasteiger partial charge in [-0.1, -0.05) is 44.2 Å². The Hall–Kier alpha value is -3.90. The fourth-order valence-electron chi connectivity index (χ4n) is 4.39. The number of benzene rings is 2. The van der Waals surface area contributed by atoms with Crippen LogP contribution in [0.25, 0.3) is 0 Å². The molecule has 0 aromatic heterocycles. The molecule has 0 radical (unpaired) electrons. The molecule has 3 rings (SSSR count). The maximum atomic E-state index is 12.8. The molecule has 1 aliphatic rings. The van der Waals surface area contributed by atoms with E-state index in [1.807, 2.05) is 38.1 Å². The van der Waals surface area contributed by atoms with E-state index in [0.29, 0.717) is 17.7 Å². The van der Waals surface area contributed by atoms with Crippen molar-refractivity contribution in [1.82, 2.24) is 20.4 Å². The number of hydrogen-bond donors (Lipinski definition) is 3. The van der Waals surface area contributed by atoms with Crippen molar-refractivity contribution in [1.29, 1.82) is 5.26 Å². The van der Waals surface area contributed by atoms with Gasteiger partial charge in [0.25, 0.3) is 5.91 Å². The first kappa shape index (κ1) is 27.7. The Morgan fingerprint density at radius 2 is 1.81 bits per heavy atom. The number of amides is 4. The van der Waals surface area contributed by atoms with Crippen LogP contribution in [-0.2, 0) is 11.3 Å². The fraction of sp³-hybridized carbons (Fsp3) is 0.429. The van der Waals surface area contributed by atoms with Crippen molar-refractivity contribution in [3.05, 3.63) is 65.7 Å². The number of nitrogens with one attached hydrogen (secondary N) is 3. The van der Waals surface area contributed by atoms with Crippen molar-refractivity contribution in [2.45, 2.75) is 45.3 Å². The number of hydrogen-bond acceptors (Lipinski definition) is 5. The van der Waals surface area contributed by atoms with Crippen molar-refractivity contribution < 1.29 is 14.4 Å². The molecule has 1 heterocycles. The lowest BCUT2D eigenvalue weighted by molar-refractivity contribution is -0.123. The van der Waals surface area contributed by atoms with Gasteiger partial charge < -0.3 is 20.9 Å². The summed E-state index contributed by atoms with van der Waals surface area (Å²) in [6.07, 6.45) is 1.36. The maximum Gasteiger partial charge on any atom is 0.321 e. The third kappa shape index (κ3) is 8.33. The van der Waals surface area contributed by atoms with E-state index in [1.54, 1.807) is 36.2 Å². The average molecular weight is 505 g/mol. The molecule has 0 bridgehead atoms. The molecule has 4 amide bonds. The monoisotopic (exact) mass is 504 g/mol. The van der Waals surface area contributed by atoms with Crippen molar-refractivity contribution >= 4 is 23.5 Å². The fourth-order valence-corrected chi connectivity index (χ4v) is 4.39. The summed E-state index contributed by atoms with van der Waals surface area (Å²) in [6.45, 7) is 6.42. The predicted octanol–water partition coefficient (Wildman–Crippen LogP) is 3.21. The van der Waals surface area contributed by atoms with Crippen molar-refractivity contribution in [2.24, 2.45) is 5.92 Å². The van der Waals surface area contributed by atoms with Gasteiger partial charge in [-0.25, -0.2) is 4.79 Å². The van der Waals surface area contributed by atoms with Gasteiger partial charge in [0.2, 0.25) is 5.91 Å². The SMILES string of the molecule is CC(C)C[C@H](NC(=O)c1ccc(NC(=O)N(C)[C@@H]2CCN(Cc3ccccc3)C2)cc1)C(=O)NCC#N. The molecular weight excluding hydrogens is 468 g/mol. The van der Waals surface area contributed by atoms with Crippen molar-refractivity contribution in [3.63, 3.8) is 0 Å². The molecule has 0 aliphatic carbocycles. The first-order valence-corrected chi connectivity index (χ1v) is 12.6. The Labute approximate surface area is 218 Å². The lowest BCUT2D eigenvalue weighted by atomic mass is 10.0. The molecule has 9 heteroatoms. The second-order valence-electron chi connectivity index (χ2n) is 9.81. The van der Waals surface area contributed by atoms with Gasteiger partial charge >= 0.3 is 6.03 Å². The van der Waals surface area contributed by atoms with E-state index in [2.05, 4.69) is 33.0 Å². The van der Waals surface area contributed by atoms with Gasteiger partial charge in [-0.15, -0.1) is 0 Å². The molecule has 1 saturated heterocycles. The summed E-state index contributed by atoms with van der Waals surface area (Å²) in [5.41, 5.74) is 2.22. The van der Waals surface area contributed by atoms with Crippen LogP contribution in [-0.4, -0.2) is 66.4 Å². The molecule has 2 atom stereocenters. The normalized spacial score (nSPS) is 16.0. The molecule has 0 saturated carbocycles. The zero-order valence-electron chi connectivity index (χ0n) is 21.7. The van der Waals surface area contributed by atoms with E-state index in [-0.39, 0.29) is 30.4 Å². The van der Waals surface area contributed by atoms with Crippen LogP contribution in [0.2, 0.25) is 0 Å². The molecule has 196 valence electrons. The van der Waals surface area contributed by atoms with Crippen LogP contribution in [0.15, 0.2) is 54.6 Å². The highest BCUT2D eigenvalue weighted by Crippen LogP contribution is 2.19. The standard InChI is InChI=1S/C28H36N6O3/c1-20(2)17-25(27(36)30-15-14-29)32-26(35)22-9-11-23(12-10-22)31-28(37)33(3)24-13-16-34(19-24)18-21-7-5-4-6-8-21/h4-12,20,24-25H,13,15-19H2,1-3H3,(H,30,36)(H,31,37)(H,32,35)/t24-,25+/m1/s1. The molecule has 37 heavy (non-hydrogen) atoms. The largest absolute Gasteiger partial charge is 0.341 e. The van der Waals surface area contributed by atoms with Crippen LogP contribution in [0.1, 0.15) is 42.6 Å². The van der Waals surface area contributed by atoms with Gasteiger partial charge in [0, 0.05) is 44.0 Å². The van der Waals surface area contributed by atoms with E-state index >= 15 is 0 Å². The lowest BCUT2D eigenvalue weighted by Gasteiger charge is -2.25. The van der Waals surface area contributed by atoms with Gasteiger partial charge in [0.1, 0.15) is 12.6 Å². The molecule has 2 aromatic carbocycles. The van der Waals surface area contributed by atoms with Gasteiger partial charge in [0.05, 0.1) is 6.07 Å². The second kappa shape index (κ2) is 13.4. The summed E-state index contributed by atoms with van der Waals surface area (Å²) in [5.74, 6) is -0.597. The van der Waals surface area contributed by atoms with Crippen LogP contribution >= 0.6 is 0 Å². The summed E-state index contributed by atoms with van der Waals surface area (Å²) in [7, 11) is 1.81. The number of urea groups is 1. The minimum Gasteiger partial charge on any atom is -0.341 e. The topological polar surface area (TPSA) is 118 Å². The van der Waals surface area contributed by atoms with Crippen LogP contribution in [0.3, 0.4) is 0 Å². The number of nitriles is 1. The molecule has 0 spiro atoms. The van der Waals surface area contributed by atoms with Crippen LogP contribution in [0.5, 0.6) is 0 Å². The van der Waals surface area contributed by atoms with Gasteiger partial charge in [-0.2, -0.15) is 5.26 Å². The second-order valence-corrected chi connectivity index (χ2v) is 9.81. The minimum atomic E-state index is -0.734. The number of rotatable bonds is 10. The number of carbonyl (C=O) groups is 3. The number of likely N-dealkylation sites (N-methyl/N-ethyl adjacent to an activating group) is 1. The highest BCUT2D eigenvalue weighted by atomic mass is 16.2. The van der Waals surface area contributed by atoms with Crippen molar-refractivity contribution in [3.8, 4) is 6.07 Å². The molecular formula is C28H36N6O3. The summed E-state index contributed by atoms with van der Waals surface area (Å²) < 4.78 is 0. The molecule has 0 unspecified atom stereocenters. The minimum absolute atomic E-state index is 0.113. The highest BCUT2D eigenvalue weighted by molar-refractivity contribution is 5.98. The lowest BCUT2D eigenvalue weighted by Crippen LogP contribution is -2.47. The summed E-state index contributed by atoms with van der Waals surface area (Å²) in [6, 6.07) is 17.9. The predicted molar refractivity (Wildman–Crippen MR) is 143 cm³/mol. The Bertz CT molecular complexity index is 1100. The van der Waals surface area contributed by atoms with Gasteiger partial charge in [0.15, 0.2) is 0 Å². The number of anilines is 1. The third-order valence-corrected chi connectivity index (χ3v) is 6.43. The molecule has 1 fully saturated rings. The zero-order chi connectivity index (χ0) is 26.8. The van der Waals surface area contributed by atoms with Crippen LogP contribution < -0.4 is 16.0 Å². The first-order chi connectivity index (χ1) is 17.8. The molecule has 1 aliphatic heterocycles. The first-order valence-electron chi connectivity index (χ1n) is 12.6. The Morgan fingerprint density at radius 1 is 1.11 bits per heavy atom. The highest BCUT2D eigenvalue weighted by Gasteiger charge is 2.28.